The van der Waals surface area contributed by atoms with E-state index in [-0.39, 0.29) is 23.6 Å². The van der Waals surface area contributed by atoms with Gasteiger partial charge in [0.05, 0.1) is 11.2 Å². The maximum atomic E-state index is 6.16. The van der Waals surface area contributed by atoms with Crippen LogP contribution in [-0.4, -0.2) is 24.3 Å². The molecule has 13 heavy (non-hydrogen) atoms. The highest BCUT2D eigenvalue weighted by atomic mass is 35.5. The Hall–Kier alpha value is 0.210. The molecule has 2 nitrogen and oxygen atoms in total. The molecule has 2 fully saturated rings. The van der Waals surface area contributed by atoms with Crippen LogP contribution in [0.15, 0.2) is 0 Å². The first-order chi connectivity index (χ1) is 5.62. The zero-order chi connectivity index (χ0) is 8.66. The van der Waals surface area contributed by atoms with Crippen LogP contribution in [0, 0.1) is 0 Å². The summed E-state index contributed by atoms with van der Waals surface area (Å²) in [5.74, 6) is 0. The monoisotopic (exact) mass is 205 g/mol. The van der Waals surface area contributed by atoms with E-state index < -0.39 is 0 Å². The lowest BCUT2D eigenvalue weighted by Gasteiger charge is -2.43. The molecule has 0 radical (unpaired) electrons. The molecule has 0 bridgehead atoms. The second-order valence-electron chi connectivity index (χ2n) is 4.86. The highest BCUT2D eigenvalue weighted by molar-refractivity contribution is 5.85. The topological polar surface area (TPSA) is 21.3 Å². The fraction of sp³-hybridized carbons (Fsp3) is 1.00. The van der Waals surface area contributed by atoms with E-state index in [1.807, 2.05) is 0 Å². The van der Waals surface area contributed by atoms with Crippen molar-refractivity contribution in [2.75, 3.05) is 13.1 Å². The minimum atomic E-state index is 0. The number of hydrogen-bond donors (Lipinski definition) is 1. The Bertz CT molecular complexity index is 176. The Balaban J connectivity index is 0.000000845. The summed E-state index contributed by atoms with van der Waals surface area (Å²) in [4.78, 5) is 0. The van der Waals surface area contributed by atoms with Crippen LogP contribution in [0.3, 0.4) is 0 Å². The van der Waals surface area contributed by atoms with Gasteiger partial charge in [-0.25, -0.2) is 0 Å². The van der Waals surface area contributed by atoms with Crippen LogP contribution >= 0.6 is 12.4 Å². The van der Waals surface area contributed by atoms with E-state index in [2.05, 4.69) is 19.2 Å². The van der Waals surface area contributed by atoms with Gasteiger partial charge in [0, 0.05) is 13.1 Å². The zero-order valence-electron chi connectivity index (χ0n) is 8.56. The molecule has 0 aromatic carbocycles. The number of halogens is 1. The predicted octanol–water partition coefficient (Wildman–Crippen LogP) is 2.12. The second kappa shape index (κ2) is 3.76. The summed E-state index contributed by atoms with van der Waals surface area (Å²) >= 11 is 0. The maximum Gasteiger partial charge on any atom is 0.0814 e. The van der Waals surface area contributed by atoms with E-state index in [4.69, 9.17) is 4.74 Å². The van der Waals surface area contributed by atoms with E-state index in [0.717, 1.165) is 13.1 Å². The van der Waals surface area contributed by atoms with Gasteiger partial charge < -0.3 is 10.1 Å². The Morgan fingerprint density at radius 3 is 2.23 bits per heavy atom. The van der Waals surface area contributed by atoms with Gasteiger partial charge in [0.15, 0.2) is 0 Å². The van der Waals surface area contributed by atoms with Gasteiger partial charge in [-0.3, -0.25) is 0 Å². The highest BCUT2D eigenvalue weighted by Gasteiger charge is 2.42. The van der Waals surface area contributed by atoms with Crippen LogP contribution in [0.2, 0.25) is 0 Å². The normalized spacial score (nSPS) is 30.0. The molecule has 1 spiro atoms. The third kappa shape index (κ3) is 2.36. The Morgan fingerprint density at radius 1 is 1.08 bits per heavy atom. The molecule has 0 atom stereocenters. The van der Waals surface area contributed by atoms with Gasteiger partial charge in [0.25, 0.3) is 0 Å². The molecular formula is C10H20ClNO. The molecule has 2 rings (SSSR count). The summed E-state index contributed by atoms with van der Waals surface area (Å²) in [6.45, 7) is 6.42. The Kier molecular flexibility index (Phi) is 3.26. The quantitative estimate of drug-likeness (QED) is 0.654. The number of rotatable bonds is 0. The van der Waals surface area contributed by atoms with Gasteiger partial charge in [0.2, 0.25) is 0 Å². The Morgan fingerprint density at radius 2 is 1.69 bits per heavy atom. The maximum absolute atomic E-state index is 6.16. The van der Waals surface area contributed by atoms with Crippen LogP contribution in [0.5, 0.6) is 0 Å². The van der Waals surface area contributed by atoms with E-state index in [1.165, 1.54) is 25.7 Å². The summed E-state index contributed by atoms with van der Waals surface area (Å²) in [6, 6.07) is 0. The molecule has 0 unspecified atom stereocenters. The van der Waals surface area contributed by atoms with Crippen LogP contribution < -0.4 is 5.32 Å². The first-order valence-electron chi connectivity index (χ1n) is 5.03. The van der Waals surface area contributed by atoms with Gasteiger partial charge in [-0.05, 0) is 26.7 Å². The average Bonchev–Trinajstić information content (AvgIpc) is 2.34. The highest BCUT2D eigenvalue weighted by Crippen LogP contribution is 2.37. The van der Waals surface area contributed by atoms with Crippen molar-refractivity contribution in [3.8, 4) is 0 Å². The molecule has 0 amide bonds. The van der Waals surface area contributed by atoms with Gasteiger partial charge in [-0.2, -0.15) is 0 Å². The summed E-state index contributed by atoms with van der Waals surface area (Å²) in [7, 11) is 0. The van der Waals surface area contributed by atoms with Crippen molar-refractivity contribution in [2.24, 2.45) is 0 Å². The molecule has 78 valence electrons. The molecule has 1 aliphatic carbocycles. The summed E-state index contributed by atoms with van der Waals surface area (Å²) in [6.07, 6.45) is 5.20. The summed E-state index contributed by atoms with van der Waals surface area (Å²) < 4.78 is 6.16. The van der Waals surface area contributed by atoms with Crippen LogP contribution in [0.4, 0.5) is 0 Å². The van der Waals surface area contributed by atoms with Gasteiger partial charge in [0.1, 0.15) is 0 Å². The SMILES string of the molecule is CC1(C)CNCC2(CCCC2)O1.Cl. The van der Waals surface area contributed by atoms with E-state index in [9.17, 15) is 0 Å². The summed E-state index contributed by atoms with van der Waals surface area (Å²) in [5, 5.41) is 3.48. The van der Waals surface area contributed by atoms with Crippen molar-refractivity contribution in [1.82, 2.24) is 5.32 Å². The molecule has 3 heteroatoms. The first-order valence-corrected chi connectivity index (χ1v) is 5.03. The Labute approximate surface area is 86.8 Å². The van der Waals surface area contributed by atoms with Crippen molar-refractivity contribution < 1.29 is 4.74 Å². The standard InChI is InChI=1S/C10H19NO.ClH/c1-9(2)7-11-8-10(12-9)5-3-4-6-10;/h11H,3-8H2,1-2H3;1H. The predicted molar refractivity (Wildman–Crippen MR) is 56.5 cm³/mol. The fourth-order valence-electron chi connectivity index (χ4n) is 2.55. The van der Waals surface area contributed by atoms with E-state index in [1.54, 1.807) is 0 Å². The lowest BCUT2D eigenvalue weighted by Crippen LogP contribution is -2.56. The van der Waals surface area contributed by atoms with Crippen molar-refractivity contribution in [3.05, 3.63) is 0 Å². The minimum Gasteiger partial charge on any atom is -0.366 e. The van der Waals surface area contributed by atoms with Gasteiger partial charge in [-0.1, -0.05) is 12.8 Å². The second-order valence-corrected chi connectivity index (χ2v) is 4.86. The smallest absolute Gasteiger partial charge is 0.0814 e. The lowest BCUT2D eigenvalue weighted by atomic mass is 9.96. The molecule has 1 saturated carbocycles. The van der Waals surface area contributed by atoms with Gasteiger partial charge >= 0.3 is 0 Å². The first kappa shape index (κ1) is 11.3. The third-order valence-corrected chi connectivity index (χ3v) is 3.01. The zero-order valence-corrected chi connectivity index (χ0v) is 9.38. The number of nitrogens with one attached hydrogen (secondary N) is 1. The molecule has 1 N–H and O–H groups in total. The lowest BCUT2D eigenvalue weighted by molar-refractivity contribution is -0.157. The van der Waals surface area contributed by atoms with Crippen molar-refractivity contribution in [2.45, 2.75) is 50.7 Å². The van der Waals surface area contributed by atoms with E-state index in [0.29, 0.717) is 0 Å². The molecule has 2 aliphatic rings. The van der Waals surface area contributed by atoms with Crippen LogP contribution in [-0.2, 0) is 4.74 Å². The number of ether oxygens (including phenoxy) is 1. The molecule has 0 aromatic rings. The fourth-order valence-corrected chi connectivity index (χ4v) is 2.55. The molecular weight excluding hydrogens is 186 g/mol. The molecule has 0 aromatic heterocycles. The molecule has 1 aliphatic heterocycles. The van der Waals surface area contributed by atoms with Crippen molar-refractivity contribution in [3.63, 3.8) is 0 Å². The molecule has 1 heterocycles. The van der Waals surface area contributed by atoms with Crippen LogP contribution in [0.1, 0.15) is 39.5 Å². The van der Waals surface area contributed by atoms with Crippen LogP contribution in [0.25, 0.3) is 0 Å². The average molecular weight is 206 g/mol. The molecule has 1 saturated heterocycles. The van der Waals surface area contributed by atoms with Crippen molar-refractivity contribution >= 4 is 12.4 Å². The van der Waals surface area contributed by atoms with Crippen molar-refractivity contribution in [1.29, 1.82) is 0 Å². The third-order valence-electron chi connectivity index (χ3n) is 3.01. The number of hydrogen-bond acceptors (Lipinski definition) is 2. The minimum absolute atomic E-state index is 0. The summed E-state index contributed by atoms with van der Waals surface area (Å²) in [5.41, 5.74) is 0.240. The number of morpholine rings is 1. The van der Waals surface area contributed by atoms with Gasteiger partial charge in [-0.15, -0.1) is 12.4 Å². The largest absolute Gasteiger partial charge is 0.366 e. The van der Waals surface area contributed by atoms with E-state index >= 15 is 0 Å².